The van der Waals surface area contributed by atoms with E-state index in [1.807, 2.05) is 0 Å². The van der Waals surface area contributed by atoms with E-state index in [0.29, 0.717) is 5.69 Å². The molecule has 0 spiro atoms. The highest BCUT2D eigenvalue weighted by Gasteiger charge is 1.99. The highest BCUT2D eigenvalue weighted by molar-refractivity contribution is 5.60. The number of phenols is 1. The number of hydrogen-bond acceptors (Lipinski definition) is 3. The van der Waals surface area contributed by atoms with Crippen LogP contribution in [0.15, 0.2) is 41.5 Å². The molecule has 2 aromatic rings. The number of hydrogen-bond donors (Lipinski definition) is 2. The van der Waals surface area contributed by atoms with Crippen LogP contribution in [0.4, 0.5) is 0 Å². The second-order valence-corrected chi connectivity index (χ2v) is 2.85. The van der Waals surface area contributed by atoms with Crippen LogP contribution in [0.2, 0.25) is 0 Å². The number of H-pyrrole nitrogens is 1. The van der Waals surface area contributed by atoms with Gasteiger partial charge in [-0.05, 0) is 12.1 Å². The van der Waals surface area contributed by atoms with Crippen LogP contribution < -0.4 is 5.56 Å². The number of nitrogens with one attached hydrogen (secondary N) is 1. The van der Waals surface area contributed by atoms with Gasteiger partial charge in [0, 0.05) is 11.6 Å². The molecule has 1 heterocycles. The fourth-order valence-electron chi connectivity index (χ4n) is 1.19. The monoisotopic (exact) mass is 188 g/mol. The lowest BCUT2D eigenvalue weighted by Gasteiger charge is -1.99. The SMILES string of the molecule is O=c1cc(-c2cccc(O)c2)nc[nH]1. The van der Waals surface area contributed by atoms with E-state index in [0.717, 1.165) is 5.56 Å². The topological polar surface area (TPSA) is 66.0 Å². The molecule has 0 saturated heterocycles. The molecule has 0 fully saturated rings. The van der Waals surface area contributed by atoms with Crippen LogP contribution in [0.3, 0.4) is 0 Å². The molecule has 1 aromatic heterocycles. The molecule has 0 aliphatic carbocycles. The molecule has 0 amide bonds. The van der Waals surface area contributed by atoms with Crippen molar-refractivity contribution in [3.63, 3.8) is 0 Å². The van der Waals surface area contributed by atoms with Crippen LogP contribution in [0, 0.1) is 0 Å². The van der Waals surface area contributed by atoms with Crippen molar-refractivity contribution in [1.82, 2.24) is 9.97 Å². The number of aromatic amines is 1. The van der Waals surface area contributed by atoms with Crippen molar-refractivity contribution in [2.45, 2.75) is 0 Å². The van der Waals surface area contributed by atoms with Crippen molar-refractivity contribution in [3.8, 4) is 17.0 Å². The van der Waals surface area contributed by atoms with Gasteiger partial charge in [-0.3, -0.25) is 4.79 Å². The molecule has 4 nitrogen and oxygen atoms in total. The minimum absolute atomic E-state index is 0.157. The summed E-state index contributed by atoms with van der Waals surface area (Å²) < 4.78 is 0. The molecule has 0 bridgehead atoms. The van der Waals surface area contributed by atoms with E-state index in [-0.39, 0.29) is 11.3 Å². The summed E-state index contributed by atoms with van der Waals surface area (Å²) in [6.07, 6.45) is 1.34. The maximum absolute atomic E-state index is 11.0. The Morgan fingerprint density at radius 3 is 2.86 bits per heavy atom. The van der Waals surface area contributed by atoms with Crippen LogP contribution in [-0.2, 0) is 0 Å². The van der Waals surface area contributed by atoms with Gasteiger partial charge >= 0.3 is 0 Å². The van der Waals surface area contributed by atoms with E-state index in [1.165, 1.54) is 12.4 Å². The summed E-state index contributed by atoms with van der Waals surface area (Å²) in [5.74, 6) is 0.157. The molecule has 70 valence electrons. The van der Waals surface area contributed by atoms with E-state index in [2.05, 4.69) is 9.97 Å². The fourth-order valence-corrected chi connectivity index (χ4v) is 1.19. The Morgan fingerprint density at radius 1 is 1.29 bits per heavy atom. The number of aromatic hydroxyl groups is 1. The maximum atomic E-state index is 11.0. The summed E-state index contributed by atoms with van der Waals surface area (Å²) in [6.45, 7) is 0. The van der Waals surface area contributed by atoms with Gasteiger partial charge in [-0.2, -0.15) is 0 Å². The number of nitrogens with zero attached hydrogens (tertiary/aromatic N) is 1. The van der Waals surface area contributed by atoms with Crippen molar-refractivity contribution < 1.29 is 5.11 Å². The molecule has 0 atom stereocenters. The summed E-state index contributed by atoms with van der Waals surface area (Å²) in [5, 5.41) is 9.23. The van der Waals surface area contributed by atoms with E-state index in [4.69, 9.17) is 0 Å². The Hall–Kier alpha value is -2.10. The molecular weight excluding hydrogens is 180 g/mol. The van der Waals surface area contributed by atoms with Gasteiger partial charge in [0.2, 0.25) is 0 Å². The van der Waals surface area contributed by atoms with Crippen LogP contribution in [0.5, 0.6) is 5.75 Å². The van der Waals surface area contributed by atoms with Crippen LogP contribution in [0.1, 0.15) is 0 Å². The molecule has 4 heteroatoms. The smallest absolute Gasteiger partial charge is 0.251 e. The zero-order chi connectivity index (χ0) is 9.97. The van der Waals surface area contributed by atoms with Crippen LogP contribution in [-0.4, -0.2) is 15.1 Å². The van der Waals surface area contributed by atoms with Gasteiger partial charge in [-0.1, -0.05) is 12.1 Å². The second-order valence-electron chi connectivity index (χ2n) is 2.85. The summed E-state index contributed by atoms with van der Waals surface area (Å²) >= 11 is 0. The first kappa shape index (κ1) is 8.50. The second kappa shape index (κ2) is 3.33. The molecule has 0 aliphatic heterocycles. The fraction of sp³-hybridized carbons (Fsp3) is 0. The average molecular weight is 188 g/mol. The van der Waals surface area contributed by atoms with Crippen molar-refractivity contribution in [3.05, 3.63) is 47.0 Å². The van der Waals surface area contributed by atoms with E-state index in [1.54, 1.807) is 24.3 Å². The molecule has 1 aromatic carbocycles. The number of rotatable bonds is 1. The quantitative estimate of drug-likeness (QED) is 0.705. The summed E-state index contributed by atoms with van der Waals surface area (Å²) in [7, 11) is 0. The number of phenolic OH excluding ortho intramolecular Hbond substituents is 1. The lowest BCUT2D eigenvalue weighted by atomic mass is 10.1. The van der Waals surface area contributed by atoms with Crippen molar-refractivity contribution >= 4 is 0 Å². The summed E-state index contributed by atoms with van der Waals surface area (Å²) in [4.78, 5) is 17.4. The molecule has 14 heavy (non-hydrogen) atoms. The first-order valence-corrected chi connectivity index (χ1v) is 4.10. The first-order valence-electron chi connectivity index (χ1n) is 4.10. The average Bonchev–Trinajstić information content (AvgIpc) is 2.18. The Bertz CT molecular complexity index is 505. The molecule has 0 radical (unpaired) electrons. The van der Waals surface area contributed by atoms with Gasteiger partial charge in [0.15, 0.2) is 0 Å². The van der Waals surface area contributed by atoms with E-state index in [9.17, 15) is 9.90 Å². The minimum atomic E-state index is -0.210. The molecule has 2 rings (SSSR count). The van der Waals surface area contributed by atoms with Gasteiger partial charge in [-0.15, -0.1) is 0 Å². The highest BCUT2D eigenvalue weighted by Crippen LogP contribution is 2.19. The third-order valence-corrected chi connectivity index (χ3v) is 1.82. The van der Waals surface area contributed by atoms with Crippen molar-refractivity contribution in [2.75, 3.05) is 0 Å². The maximum Gasteiger partial charge on any atom is 0.251 e. The lowest BCUT2D eigenvalue weighted by Crippen LogP contribution is -2.04. The number of benzene rings is 1. The largest absolute Gasteiger partial charge is 0.508 e. The highest BCUT2D eigenvalue weighted by atomic mass is 16.3. The molecular formula is C10H8N2O2. The predicted molar refractivity (Wildman–Crippen MR) is 52.0 cm³/mol. The van der Waals surface area contributed by atoms with Crippen LogP contribution in [0.25, 0.3) is 11.3 Å². The van der Waals surface area contributed by atoms with Crippen molar-refractivity contribution in [1.29, 1.82) is 0 Å². The summed E-state index contributed by atoms with van der Waals surface area (Å²) in [5.41, 5.74) is 1.05. The van der Waals surface area contributed by atoms with Gasteiger partial charge in [0.1, 0.15) is 5.75 Å². The Kier molecular flexibility index (Phi) is 2.02. The molecule has 0 unspecified atom stereocenters. The standard InChI is InChI=1S/C10H8N2O2/c13-8-3-1-2-7(4-8)9-5-10(14)12-6-11-9/h1-6,13H,(H,11,12,14). The predicted octanol–water partition coefficient (Wildman–Crippen LogP) is 1.14. The van der Waals surface area contributed by atoms with Gasteiger partial charge in [-0.25, -0.2) is 4.98 Å². The Morgan fingerprint density at radius 2 is 2.14 bits per heavy atom. The first-order chi connectivity index (χ1) is 6.75. The Balaban J connectivity index is 2.55. The minimum Gasteiger partial charge on any atom is -0.508 e. The zero-order valence-corrected chi connectivity index (χ0v) is 7.27. The Labute approximate surface area is 79.9 Å². The molecule has 2 N–H and O–H groups in total. The number of aromatic nitrogens is 2. The van der Waals surface area contributed by atoms with E-state index < -0.39 is 0 Å². The van der Waals surface area contributed by atoms with Gasteiger partial charge in [0.25, 0.3) is 5.56 Å². The third-order valence-electron chi connectivity index (χ3n) is 1.82. The summed E-state index contributed by atoms with van der Waals surface area (Å²) in [6, 6.07) is 7.99. The van der Waals surface area contributed by atoms with Gasteiger partial charge in [0.05, 0.1) is 12.0 Å². The zero-order valence-electron chi connectivity index (χ0n) is 7.27. The normalized spacial score (nSPS) is 10.0. The molecule has 0 saturated carbocycles. The van der Waals surface area contributed by atoms with Crippen LogP contribution >= 0.6 is 0 Å². The lowest BCUT2D eigenvalue weighted by molar-refractivity contribution is 0.475. The third kappa shape index (κ3) is 1.64. The molecule has 0 aliphatic rings. The van der Waals surface area contributed by atoms with Gasteiger partial charge < -0.3 is 10.1 Å². The van der Waals surface area contributed by atoms with Crippen molar-refractivity contribution in [2.24, 2.45) is 0 Å². The van der Waals surface area contributed by atoms with E-state index >= 15 is 0 Å².